The summed E-state index contributed by atoms with van der Waals surface area (Å²) in [5.41, 5.74) is 0.606. The Morgan fingerprint density at radius 1 is 1.26 bits per heavy atom. The average molecular weight is 274 g/mol. The summed E-state index contributed by atoms with van der Waals surface area (Å²) in [7, 11) is -3.76. The number of nitriles is 1. The van der Waals surface area contributed by atoms with Crippen LogP contribution in [0.25, 0.3) is 0 Å². The van der Waals surface area contributed by atoms with Crippen LogP contribution in [-0.4, -0.2) is 18.4 Å². The van der Waals surface area contributed by atoms with Crippen molar-refractivity contribution >= 4 is 10.0 Å². The Labute approximate surface area is 110 Å². The zero-order valence-corrected chi connectivity index (χ0v) is 10.6. The van der Waals surface area contributed by atoms with Crippen molar-refractivity contribution in [3.05, 3.63) is 54.1 Å². The summed E-state index contributed by atoms with van der Waals surface area (Å²) >= 11 is 0. The number of aromatic nitrogens is 2. The van der Waals surface area contributed by atoms with Crippen LogP contribution in [0.1, 0.15) is 11.3 Å². The van der Waals surface area contributed by atoms with Gasteiger partial charge in [0.2, 0.25) is 10.0 Å². The molecule has 0 spiro atoms. The molecule has 0 aliphatic carbocycles. The lowest BCUT2D eigenvalue weighted by Gasteiger charge is -2.07. The lowest BCUT2D eigenvalue weighted by molar-refractivity contribution is 0.580. The van der Waals surface area contributed by atoms with Crippen molar-refractivity contribution < 1.29 is 8.42 Å². The Kier molecular flexibility index (Phi) is 3.85. The molecular weight excluding hydrogens is 264 g/mol. The molecule has 0 saturated carbocycles. The molecule has 0 saturated heterocycles. The summed E-state index contributed by atoms with van der Waals surface area (Å²) in [6.45, 7) is 0.107. The third kappa shape index (κ3) is 3.13. The van der Waals surface area contributed by atoms with Gasteiger partial charge < -0.3 is 0 Å². The molecule has 19 heavy (non-hydrogen) atoms. The molecule has 0 unspecified atom stereocenters. The van der Waals surface area contributed by atoms with Gasteiger partial charge in [-0.15, -0.1) is 0 Å². The maximum absolute atomic E-state index is 12.1. The highest BCUT2D eigenvalue weighted by molar-refractivity contribution is 7.89. The van der Waals surface area contributed by atoms with Gasteiger partial charge in [0.15, 0.2) is 5.69 Å². The minimum absolute atomic E-state index is 0.107. The summed E-state index contributed by atoms with van der Waals surface area (Å²) in [5, 5.41) is 8.85. The molecule has 0 fully saturated rings. The van der Waals surface area contributed by atoms with E-state index in [4.69, 9.17) is 5.26 Å². The Morgan fingerprint density at radius 2 is 2.05 bits per heavy atom. The monoisotopic (exact) mass is 274 g/mol. The molecule has 0 bridgehead atoms. The number of sulfonamides is 1. The van der Waals surface area contributed by atoms with Crippen molar-refractivity contribution in [2.45, 2.75) is 11.4 Å². The molecule has 0 aliphatic heterocycles. The van der Waals surface area contributed by atoms with Gasteiger partial charge in [0, 0.05) is 25.1 Å². The Morgan fingerprint density at radius 3 is 2.74 bits per heavy atom. The first-order valence-corrected chi connectivity index (χ1v) is 6.85. The quantitative estimate of drug-likeness (QED) is 0.890. The predicted molar refractivity (Wildman–Crippen MR) is 67.2 cm³/mol. The van der Waals surface area contributed by atoms with Gasteiger partial charge in [0.05, 0.1) is 0 Å². The van der Waals surface area contributed by atoms with E-state index in [-0.39, 0.29) is 17.1 Å². The first-order chi connectivity index (χ1) is 9.13. The summed E-state index contributed by atoms with van der Waals surface area (Å²) in [5.74, 6) is 0. The van der Waals surface area contributed by atoms with Gasteiger partial charge in [0.25, 0.3) is 0 Å². The van der Waals surface area contributed by atoms with Crippen LogP contribution < -0.4 is 4.72 Å². The maximum Gasteiger partial charge on any atom is 0.243 e. The molecule has 0 atom stereocenters. The highest BCUT2D eigenvalue weighted by Gasteiger charge is 2.18. The third-order valence-corrected chi connectivity index (χ3v) is 3.79. The number of hydrogen-bond donors (Lipinski definition) is 1. The van der Waals surface area contributed by atoms with E-state index in [9.17, 15) is 8.42 Å². The van der Waals surface area contributed by atoms with Gasteiger partial charge in [-0.1, -0.05) is 6.07 Å². The van der Waals surface area contributed by atoms with Crippen molar-refractivity contribution in [3.63, 3.8) is 0 Å². The Bertz CT molecular complexity index is 708. The van der Waals surface area contributed by atoms with Gasteiger partial charge >= 0.3 is 0 Å². The van der Waals surface area contributed by atoms with Crippen molar-refractivity contribution in [3.8, 4) is 6.07 Å². The number of rotatable bonds is 4. The van der Waals surface area contributed by atoms with Gasteiger partial charge in [0.1, 0.15) is 11.0 Å². The van der Waals surface area contributed by atoms with Crippen molar-refractivity contribution in [2.24, 2.45) is 0 Å². The average Bonchev–Trinajstić information content (AvgIpc) is 2.46. The first kappa shape index (κ1) is 13.1. The molecule has 0 aromatic carbocycles. The number of hydrogen-bond acceptors (Lipinski definition) is 5. The molecular formula is C12H10N4O2S. The van der Waals surface area contributed by atoms with Gasteiger partial charge in [-0.2, -0.15) is 5.26 Å². The van der Waals surface area contributed by atoms with Crippen molar-refractivity contribution in [1.82, 2.24) is 14.7 Å². The molecule has 96 valence electrons. The summed E-state index contributed by atoms with van der Waals surface area (Å²) < 4.78 is 26.5. The lowest BCUT2D eigenvalue weighted by Crippen LogP contribution is -2.24. The van der Waals surface area contributed by atoms with Crippen molar-refractivity contribution in [1.29, 1.82) is 5.26 Å². The second-order valence-electron chi connectivity index (χ2n) is 3.65. The predicted octanol–water partition coefficient (Wildman–Crippen LogP) is 0.827. The zero-order chi connectivity index (χ0) is 13.7. The van der Waals surface area contributed by atoms with E-state index in [0.29, 0.717) is 0 Å². The normalized spacial score (nSPS) is 10.9. The molecule has 2 aromatic rings. The minimum atomic E-state index is -3.76. The topological polar surface area (TPSA) is 95.7 Å². The molecule has 0 aliphatic rings. The van der Waals surface area contributed by atoms with E-state index in [1.807, 2.05) is 0 Å². The van der Waals surface area contributed by atoms with Crippen LogP contribution >= 0.6 is 0 Å². The highest BCUT2D eigenvalue weighted by atomic mass is 32.2. The van der Waals surface area contributed by atoms with Gasteiger partial charge in [-0.05, 0) is 23.8 Å². The Balaban J connectivity index is 2.22. The largest absolute Gasteiger partial charge is 0.264 e. The SMILES string of the molecule is N#Cc1ncccc1S(=O)(=O)NCc1cccnc1. The maximum atomic E-state index is 12.1. The van der Waals surface area contributed by atoms with Crippen LogP contribution in [0.4, 0.5) is 0 Å². The number of nitrogens with zero attached hydrogens (tertiary/aromatic N) is 3. The molecule has 2 rings (SSSR count). The number of pyridine rings is 2. The molecule has 7 heteroatoms. The van der Waals surface area contributed by atoms with Crippen molar-refractivity contribution in [2.75, 3.05) is 0 Å². The zero-order valence-electron chi connectivity index (χ0n) is 9.81. The standard InChI is InChI=1S/C12H10N4O2S/c13-7-11-12(4-2-6-15-11)19(17,18)16-9-10-3-1-5-14-8-10/h1-6,8,16H,9H2. The van der Waals surface area contributed by atoms with E-state index >= 15 is 0 Å². The molecule has 2 aromatic heterocycles. The minimum Gasteiger partial charge on any atom is -0.264 e. The summed E-state index contributed by atoms with van der Waals surface area (Å²) in [4.78, 5) is 7.49. The molecule has 0 radical (unpaired) electrons. The molecule has 2 heterocycles. The number of nitrogens with one attached hydrogen (secondary N) is 1. The smallest absolute Gasteiger partial charge is 0.243 e. The van der Waals surface area contributed by atoms with Gasteiger partial charge in [-0.25, -0.2) is 18.1 Å². The van der Waals surface area contributed by atoms with Crippen LogP contribution in [-0.2, 0) is 16.6 Å². The Hall–Kier alpha value is -2.30. The van der Waals surface area contributed by atoms with E-state index in [0.717, 1.165) is 5.56 Å². The van der Waals surface area contributed by atoms with E-state index in [1.54, 1.807) is 30.6 Å². The van der Waals surface area contributed by atoms with Crippen LogP contribution in [0.5, 0.6) is 0 Å². The van der Waals surface area contributed by atoms with Crippen LogP contribution in [0.3, 0.4) is 0 Å². The first-order valence-electron chi connectivity index (χ1n) is 5.37. The van der Waals surface area contributed by atoms with Crippen LogP contribution in [0.15, 0.2) is 47.8 Å². The third-order valence-electron chi connectivity index (χ3n) is 2.36. The molecule has 6 nitrogen and oxygen atoms in total. The molecule has 1 N–H and O–H groups in total. The summed E-state index contributed by atoms with van der Waals surface area (Å²) in [6, 6.07) is 8.04. The fourth-order valence-electron chi connectivity index (χ4n) is 1.45. The van der Waals surface area contributed by atoms with Gasteiger partial charge in [-0.3, -0.25) is 4.98 Å². The van der Waals surface area contributed by atoms with E-state index < -0.39 is 10.0 Å². The van der Waals surface area contributed by atoms with Crippen LogP contribution in [0.2, 0.25) is 0 Å². The van der Waals surface area contributed by atoms with Crippen LogP contribution in [0, 0.1) is 11.3 Å². The lowest BCUT2D eigenvalue weighted by atomic mass is 10.3. The molecule has 0 amide bonds. The van der Waals surface area contributed by atoms with E-state index in [1.165, 1.54) is 18.3 Å². The summed E-state index contributed by atoms with van der Waals surface area (Å²) in [6.07, 6.45) is 4.54. The highest BCUT2D eigenvalue weighted by Crippen LogP contribution is 2.12. The fourth-order valence-corrected chi connectivity index (χ4v) is 2.57. The van der Waals surface area contributed by atoms with E-state index in [2.05, 4.69) is 14.7 Å². The second-order valence-corrected chi connectivity index (χ2v) is 5.38. The fraction of sp³-hybridized carbons (Fsp3) is 0.0833. The second kappa shape index (κ2) is 5.56.